The van der Waals surface area contributed by atoms with E-state index in [-0.39, 0.29) is 6.10 Å². The van der Waals surface area contributed by atoms with Crippen LogP contribution in [0.15, 0.2) is 42.5 Å². The zero-order chi connectivity index (χ0) is 18.4. The van der Waals surface area contributed by atoms with E-state index in [1.54, 1.807) is 0 Å². The molecule has 2 aromatic carbocycles. The molecule has 0 amide bonds. The van der Waals surface area contributed by atoms with Crippen LogP contribution in [-0.2, 0) is 4.74 Å². The van der Waals surface area contributed by atoms with Crippen molar-refractivity contribution in [3.05, 3.63) is 48.0 Å². The quantitative estimate of drug-likeness (QED) is 0.706. The summed E-state index contributed by atoms with van der Waals surface area (Å²) in [7, 11) is 0. The fourth-order valence-electron chi connectivity index (χ4n) is 3.91. The van der Waals surface area contributed by atoms with Crippen LogP contribution < -0.4 is 10.5 Å². The van der Waals surface area contributed by atoms with Gasteiger partial charge in [-0.2, -0.15) is 5.26 Å². The van der Waals surface area contributed by atoms with Crippen molar-refractivity contribution in [2.45, 2.75) is 31.4 Å². The van der Waals surface area contributed by atoms with Crippen molar-refractivity contribution >= 4 is 16.6 Å². The first-order chi connectivity index (χ1) is 13.2. The molecule has 3 aromatic rings. The van der Waals surface area contributed by atoms with Crippen LogP contribution in [0.25, 0.3) is 22.2 Å². The van der Waals surface area contributed by atoms with E-state index in [2.05, 4.69) is 16.7 Å². The number of nitriles is 1. The summed E-state index contributed by atoms with van der Waals surface area (Å²) in [5, 5.41) is 10.9. The van der Waals surface area contributed by atoms with E-state index < -0.39 is 0 Å². The minimum atomic E-state index is 0.110. The van der Waals surface area contributed by atoms with E-state index in [1.165, 1.54) is 0 Å². The second kappa shape index (κ2) is 6.33. The van der Waals surface area contributed by atoms with Crippen molar-refractivity contribution in [2.75, 3.05) is 18.9 Å². The standard InChI is InChI=1S/C22H21N3O2/c23-12-20-19-8-7-17(27-18-9-10-26-13-18)11-21(19)25(16-5-6-16)22(20)14-1-3-15(24)4-2-14/h1-4,7-8,11,16,18H,5-6,9-10,13,24H2. The molecule has 27 heavy (non-hydrogen) atoms. The van der Waals surface area contributed by atoms with E-state index in [4.69, 9.17) is 15.2 Å². The van der Waals surface area contributed by atoms with Crippen LogP contribution in [0.2, 0.25) is 0 Å². The van der Waals surface area contributed by atoms with Gasteiger partial charge in [0.05, 0.1) is 30.0 Å². The van der Waals surface area contributed by atoms with E-state index >= 15 is 0 Å². The molecule has 2 N–H and O–H groups in total. The highest BCUT2D eigenvalue weighted by molar-refractivity contribution is 5.95. The zero-order valence-electron chi connectivity index (χ0n) is 15.0. The lowest BCUT2D eigenvalue weighted by molar-refractivity contribution is 0.141. The number of rotatable bonds is 4. The van der Waals surface area contributed by atoms with Crippen molar-refractivity contribution in [3.63, 3.8) is 0 Å². The molecule has 2 heterocycles. The van der Waals surface area contributed by atoms with Gasteiger partial charge in [0.2, 0.25) is 0 Å². The Morgan fingerprint density at radius 1 is 1.11 bits per heavy atom. The normalized spacial score (nSPS) is 19.3. The molecular formula is C22H21N3O2. The van der Waals surface area contributed by atoms with E-state index in [9.17, 15) is 5.26 Å². The fraction of sp³-hybridized carbons (Fsp3) is 0.318. The molecule has 136 valence electrons. The summed E-state index contributed by atoms with van der Waals surface area (Å²) in [4.78, 5) is 0. The van der Waals surface area contributed by atoms with Crippen LogP contribution in [-0.4, -0.2) is 23.9 Å². The van der Waals surface area contributed by atoms with Crippen molar-refractivity contribution in [1.82, 2.24) is 4.57 Å². The third kappa shape index (κ3) is 2.83. The highest BCUT2D eigenvalue weighted by Gasteiger charge is 2.31. The lowest BCUT2D eigenvalue weighted by Gasteiger charge is -2.13. The minimum absolute atomic E-state index is 0.110. The summed E-state index contributed by atoms with van der Waals surface area (Å²) in [6, 6.07) is 16.7. The Morgan fingerprint density at radius 3 is 2.59 bits per heavy atom. The molecule has 2 fully saturated rings. The summed E-state index contributed by atoms with van der Waals surface area (Å²) >= 11 is 0. The second-order valence-corrected chi connectivity index (χ2v) is 7.34. The molecule has 0 bridgehead atoms. The fourth-order valence-corrected chi connectivity index (χ4v) is 3.91. The zero-order valence-corrected chi connectivity index (χ0v) is 15.0. The Balaban J connectivity index is 1.68. The van der Waals surface area contributed by atoms with Crippen LogP contribution in [0.5, 0.6) is 5.75 Å². The van der Waals surface area contributed by atoms with Crippen molar-refractivity contribution < 1.29 is 9.47 Å². The number of hydrogen-bond acceptors (Lipinski definition) is 4. The average Bonchev–Trinajstić information content (AvgIpc) is 3.28. The molecule has 1 aromatic heterocycles. The minimum Gasteiger partial charge on any atom is -0.488 e. The predicted molar refractivity (Wildman–Crippen MR) is 105 cm³/mol. The van der Waals surface area contributed by atoms with E-state index in [0.29, 0.717) is 12.6 Å². The third-order valence-electron chi connectivity index (χ3n) is 5.37. The largest absolute Gasteiger partial charge is 0.488 e. The number of fused-ring (bicyclic) bond motifs is 1. The van der Waals surface area contributed by atoms with Crippen molar-refractivity contribution in [2.24, 2.45) is 0 Å². The first-order valence-corrected chi connectivity index (χ1v) is 9.43. The van der Waals surface area contributed by atoms with E-state index in [0.717, 1.165) is 65.0 Å². The SMILES string of the molecule is N#Cc1c(-c2ccc(N)cc2)n(C2CC2)c2cc(OC3CCOC3)ccc12. The maximum absolute atomic E-state index is 9.91. The van der Waals surface area contributed by atoms with Crippen LogP contribution in [0.3, 0.4) is 0 Å². The van der Waals surface area contributed by atoms with Gasteiger partial charge in [-0.15, -0.1) is 0 Å². The maximum Gasteiger partial charge on any atom is 0.124 e. The third-order valence-corrected chi connectivity index (χ3v) is 5.37. The number of aromatic nitrogens is 1. The van der Waals surface area contributed by atoms with Gasteiger partial charge in [0.15, 0.2) is 0 Å². The molecular weight excluding hydrogens is 338 g/mol. The summed E-state index contributed by atoms with van der Waals surface area (Å²) in [5.74, 6) is 0.839. The Bertz CT molecular complexity index is 1040. The number of nitrogens with zero attached hydrogens (tertiary/aromatic N) is 2. The molecule has 1 saturated carbocycles. The van der Waals surface area contributed by atoms with Crippen molar-refractivity contribution in [1.29, 1.82) is 5.26 Å². The van der Waals surface area contributed by atoms with Gasteiger partial charge in [-0.25, -0.2) is 0 Å². The van der Waals surface area contributed by atoms with Gasteiger partial charge in [0.1, 0.15) is 17.9 Å². The van der Waals surface area contributed by atoms with Gasteiger partial charge in [-0.3, -0.25) is 0 Å². The Kier molecular flexibility index (Phi) is 3.80. The van der Waals surface area contributed by atoms with Crippen LogP contribution in [0.1, 0.15) is 30.9 Å². The van der Waals surface area contributed by atoms with Crippen molar-refractivity contribution in [3.8, 4) is 23.1 Å². The number of anilines is 1. The highest BCUT2D eigenvalue weighted by Crippen LogP contribution is 2.45. The van der Waals surface area contributed by atoms with Gasteiger partial charge in [0.25, 0.3) is 0 Å². The number of hydrogen-bond donors (Lipinski definition) is 1. The van der Waals surface area contributed by atoms with Gasteiger partial charge >= 0.3 is 0 Å². The number of benzene rings is 2. The molecule has 1 aliphatic carbocycles. The Morgan fingerprint density at radius 2 is 1.93 bits per heavy atom. The summed E-state index contributed by atoms with van der Waals surface area (Å²) in [5.41, 5.74) is 10.4. The van der Waals surface area contributed by atoms with E-state index in [1.807, 2.05) is 36.4 Å². The molecule has 2 aliphatic rings. The highest BCUT2D eigenvalue weighted by atomic mass is 16.5. The molecule has 5 heteroatoms. The molecule has 1 atom stereocenters. The van der Waals surface area contributed by atoms with Gasteiger partial charge < -0.3 is 19.8 Å². The maximum atomic E-state index is 9.91. The molecule has 0 radical (unpaired) electrons. The monoisotopic (exact) mass is 359 g/mol. The summed E-state index contributed by atoms with van der Waals surface area (Å²) in [6.45, 7) is 1.40. The Labute approximate surface area is 157 Å². The smallest absolute Gasteiger partial charge is 0.124 e. The first kappa shape index (κ1) is 16.2. The Hall–Kier alpha value is -2.97. The van der Waals surface area contributed by atoms with Crippen LogP contribution >= 0.6 is 0 Å². The van der Waals surface area contributed by atoms with Crippen LogP contribution in [0, 0.1) is 11.3 Å². The molecule has 1 unspecified atom stereocenters. The first-order valence-electron chi connectivity index (χ1n) is 9.43. The second-order valence-electron chi connectivity index (χ2n) is 7.34. The number of nitrogen functional groups attached to an aromatic ring is 1. The summed E-state index contributed by atoms with van der Waals surface area (Å²) in [6.07, 6.45) is 3.30. The van der Waals surface area contributed by atoms with Gasteiger partial charge in [-0.05, 0) is 42.7 Å². The average molecular weight is 359 g/mol. The van der Waals surface area contributed by atoms with Gasteiger partial charge in [0, 0.05) is 29.6 Å². The molecule has 1 saturated heterocycles. The van der Waals surface area contributed by atoms with Gasteiger partial charge in [-0.1, -0.05) is 12.1 Å². The van der Waals surface area contributed by atoms with Crippen LogP contribution in [0.4, 0.5) is 5.69 Å². The lowest BCUT2D eigenvalue weighted by Crippen LogP contribution is -2.15. The molecule has 1 aliphatic heterocycles. The number of nitrogens with two attached hydrogens (primary N) is 1. The summed E-state index contributed by atoms with van der Waals surface area (Å²) < 4.78 is 13.8. The molecule has 0 spiro atoms. The topological polar surface area (TPSA) is 73.2 Å². The molecule has 5 rings (SSSR count). The lowest BCUT2D eigenvalue weighted by atomic mass is 10.1. The number of ether oxygens (including phenoxy) is 2. The molecule has 5 nitrogen and oxygen atoms in total. The predicted octanol–water partition coefficient (Wildman–Crippen LogP) is 4.26.